The molecule has 0 aromatic rings. The molecule has 0 aromatic carbocycles. The highest BCUT2D eigenvalue weighted by Crippen LogP contribution is 2.28. The molecule has 1 fully saturated rings. The van der Waals surface area contributed by atoms with Crippen LogP contribution in [0.3, 0.4) is 0 Å². The average Bonchev–Trinajstić information content (AvgIpc) is 2.70. The first kappa shape index (κ1) is 28.4. The highest BCUT2D eigenvalue weighted by molar-refractivity contribution is 7.99. The fourth-order valence-electron chi connectivity index (χ4n) is 2.34. The van der Waals surface area contributed by atoms with Crippen LogP contribution in [0.5, 0.6) is 0 Å². The van der Waals surface area contributed by atoms with E-state index in [1.165, 1.54) is 0 Å². The van der Waals surface area contributed by atoms with E-state index in [0.29, 0.717) is 44.6 Å². The van der Waals surface area contributed by atoms with Crippen LogP contribution in [0.15, 0.2) is 0 Å². The summed E-state index contributed by atoms with van der Waals surface area (Å²) in [6.07, 6.45) is 6.39. The number of nitrogens with one attached hydrogen (secondary N) is 1. The topological polar surface area (TPSA) is 73.9 Å². The predicted molar refractivity (Wildman–Crippen MR) is 114 cm³/mol. The molecule has 1 aliphatic carbocycles. The van der Waals surface area contributed by atoms with Crippen LogP contribution in [0.4, 0.5) is 4.79 Å². The third-order valence-corrected chi connectivity index (χ3v) is 4.85. The summed E-state index contributed by atoms with van der Waals surface area (Å²) in [4.78, 5) is 22.3. The lowest BCUT2D eigenvalue weighted by molar-refractivity contribution is -0.118. The number of ketones is 1. The van der Waals surface area contributed by atoms with Crippen LogP contribution in [-0.2, 0) is 19.0 Å². The molecule has 0 radical (unpaired) electrons. The lowest BCUT2D eigenvalue weighted by Crippen LogP contribution is -2.33. The van der Waals surface area contributed by atoms with Crippen molar-refractivity contribution in [1.29, 1.82) is 0 Å². The van der Waals surface area contributed by atoms with Crippen LogP contribution in [0.25, 0.3) is 0 Å². The Hall–Kier alpha value is -0.790. The molecule has 1 N–H and O–H groups in total. The van der Waals surface area contributed by atoms with Gasteiger partial charge in [-0.05, 0) is 38.9 Å². The number of thioether (sulfide) groups is 1. The minimum atomic E-state index is -0.362. The third kappa shape index (κ3) is 18.3. The van der Waals surface area contributed by atoms with E-state index < -0.39 is 0 Å². The molecule has 0 aromatic heterocycles. The molecule has 0 aliphatic heterocycles. The number of amides is 1. The Labute approximate surface area is 170 Å². The third-order valence-electron chi connectivity index (χ3n) is 3.71. The Balaban J connectivity index is 0. The van der Waals surface area contributed by atoms with E-state index in [1.54, 1.807) is 6.92 Å². The van der Waals surface area contributed by atoms with Crippen molar-refractivity contribution in [2.75, 3.05) is 39.2 Å². The second-order valence-electron chi connectivity index (χ2n) is 5.64. The molecule has 0 saturated heterocycles. The number of hydrogen-bond donors (Lipinski definition) is 1. The van der Waals surface area contributed by atoms with E-state index in [2.05, 4.69) is 11.6 Å². The van der Waals surface area contributed by atoms with Crippen molar-refractivity contribution in [3.63, 3.8) is 0 Å². The molecule has 0 heterocycles. The van der Waals surface area contributed by atoms with Gasteiger partial charge >= 0.3 is 6.09 Å². The smallest absolute Gasteiger partial charge is 0.407 e. The molecule has 6 nitrogen and oxygen atoms in total. The van der Waals surface area contributed by atoms with Gasteiger partial charge in [-0.1, -0.05) is 27.7 Å². The Morgan fingerprint density at radius 2 is 1.48 bits per heavy atom. The number of carbonyl (C=O) groups is 2. The van der Waals surface area contributed by atoms with Gasteiger partial charge in [0.15, 0.2) is 0 Å². The number of ether oxygens (including phenoxy) is 3. The van der Waals surface area contributed by atoms with Crippen molar-refractivity contribution in [2.24, 2.45) is 0 Å². The Kier molecular flexibility index (Phi) is 22.6. The zero-order valence-corrected chi connectivity index (χ0v) is 19.0. The minimum Gasteiger partial charge on any atom is -0.446 e. The van der Waals surface area contributed by atoms with Gasteiger partial charge in [0.1, 0.15) is 11.9 Å². The largest absolute Gasteiger partial charge is 0.446 e. The molecule has 0 atom stereocenters. The van der Waals surface area contributed by atoms with Crippen molar-refractivity contribution in [1.82, 2.24) is 5.32 Å². The quantitative estimate of drug-likeness (QED) is 0.510. The molecule has 162 valence electrons. The number of alkyl carbamates (subject to hydrolysis) is 1. The lowest BCUT2D eigenvalue weighted by Gasteiger charge is -2.27. The van der Waals surface area contributed by atoms with E-state index in [1.807, 2.05) is 39.5 Å². The Morgan fingerprint density at radius 3 is 2.00 bits per heavy atom. The zero-order chi connectivity index (χ0) is 20.9. The molecule has 27 heavy (non-hydrogen) atoms. The summed E-state index contributed by atoms with van der Waals surface area (Å²) in [5.41, 5.74) is 0. The molecule has 1 saturated carbocycles. The summed E-state index contributed by atoms with van der Waals surface area (Å²) >= 11 is 1.89. The first-order valence-corrected chi connectivity index (χ1v) is 11.5. The van der Waals surface area contributed by atoms with Crippen molar-refractivity contribution in [3.05, 3.63) is 0 Å². The SMILES string of the molecule is CC.CC.CSC1CCC(OC(=O)NCCOCCOCCC(C)=O)CC1. The summed E-state index contributed by atoms with van der Waals surface area (Å²) in [5, 5.41) is 3.41. The number of rotatable bonds is 11. The zero-order valence-electron chi connectivity index (χ0n) is 18.2. The second kappa shape index (κ2) is 21.5. The van der Waals surface area contributed by atoms with Gasteiger partial charge in [0.2, 0.25) is 0 Å². The van der Waals surface area contributed by atoms with Crippen molar-refractivity contribution in [3.8, 4) is 0 Å². The van der Waals surface area contributed by atoms with E-state index in [4.69, 9.17) is 14.2 Å². The summed E-state index contributed by atoms with van der Waals surface area (Å²) in [6, 6.07) is 0. The summed E-state index contributed by atoms with van der Waals surface area (Å²) in [6.45, 7) is 11.7. The molecule has 0 bridgehead atoms. The van der Waals surface area contributed by atoms with Crippen molar-refractivity contribution in [2.45, 2.75) is 78.1 Å². The summed E-state index contributed by atoms with van der Waals surface area (Å²) in [5.74, 6) is 0.121. The molecular weight excluding hydrogens is 366 g/mol. The summed E-state index contributed by atoms with van der Waals surface area (Å²) in [7, 11) is 0. The van der Waals surface area contributed by atoms with Gasteiger partial charge in [-0.2, -0.15) is 11.8 Å². The van der Waals surface area contributed by atoms with Gasteiger partial charge in [-0.25, -0.2) is 4.79 Å². The van der Waals surface area contributed by atoms with Crippen molar-refractivity contribution >= 4 is 23.6 Å². The normalized spacial score (nSPS) is 18.3. The van der Waals surface area contributed by atoms with Crippen LogP contribution in [0.1, 0.15) is 66.7 Å². The number of carbonyl (C=O) groups excluding carboxylic acids is 2. The minimum absolute atomic E-state index is 0.0500. The van der Waals surface area contributed by atoms with Gasteiger partial charge in [0.25, 0.3) is 0 Å². The Bertz CT molecular complexity index is 347. The van der Waals surface area contributed by atoms with Crippen LogP contribution >= 0.6 is 11.8 Å². The molecule has 0 spiro atoms. The first-order valence-electron chi connectivity index (χ1n) is 10.2. The molecular formula is C20H41NO5S. The van der Waals surface area contributed by atoms with Crippen molar-refractivity contribution < 1.29 is 23.8 Å². The second-order valence-corrected chi connectivity index (χ2v) is 6.78. The van der Waals surface area contributed by atoms with E-state index >= 15 is 0 Å². The standard InChI is InChI=1S/C16H29NO5S.2C2H6/c1-13(18)7-9-20-11-12-21-10-8-17-16(19)22-14-3-5-15(23-2)6-4-14;2*1-2/h14-15H,3-12H2,1-2H3,(H,17,19);2*1-2H3. The molecule has 1 rings (SSSR count). The van der Waals surface area contributed by atoms with Crippen LogP contribution in [-0.4, -0.2) is 62.5 Å². The molecule has 1 amide bonds. The van der Waals surface area contributed by atoms with Gasteiger partial charge in [0, 0.05) is 18.2 Å². The fourth-order valence-corrected chi connectivity index (χ4v) is 3.09. The molecule has 1 aliphatic rings. The monoisotopic (exact) mass is 407 g/mol. The first-order chi connectivity index (χ1) is 13.1. The van der Waals surface area contributed by atoms with E-state index in [9.17, 15) is 9.59 Å². The maximum Gasteiger partial charge on any atom is 0.407 e. The average molecular weight is 408 g/mol. The fraction of sp³-hybridized carbons (Fsp3) is 0.900. The molecule has 7 heteroatoms. The number of hydrogen-bond acceptors (Lipinski definition) is 6. The summed E-state index contributed by atoms with van der Waals surface area (Å²) < 4.78 is 16.0. The van der Waals surface area contributed by atoms with Crippen LogP contribution < -0.4 is 5.32 Å². The Morgan fingerprint density at radius 1 is 0.926 bits per heavy atom. The van der Waals surface area contributed by atoms with Gasteiger partial charge in [-0.3, -0.25) is 4.79 Å². The van der Waals surface area contributed by atoms with Gasteiger partial charge < -0.3 is 19.5 Å². The van der Waals surface area contributed by atoms with E-state index in [0.717, 1.165) is 25.7 Å². The van der Waals surface area contributed by atoms with Crippen LogP contribution in [0.2, 0.25) is 0 Å². The van der Waals surface area contributed by atoms with Gasteiger partial charge in [0.05, 0.1) is 26.4 Å². The maximum atomic E-state index is 11.6. The molecule has 0 unspecified atom stereocenters. The van der Waals surface area contributed by atoms with Crippen LogP contribution in [0, 0.1) is 0 Å². The number of Topliss-reactive ketones (excluding diaryl/α,β-unsaturated/α-hetero) is 1. The van der Waals surface area contributed by atoms with E-state index in [-0.39, 0.29) is 18.0 Å². The lowest BCUT2D eigenvalue weighted by atomic mass is 9.97. The predicted octanol–water partition coefficient (Wildman–Crippen LogP) is 4.45. The maximum absolute atomic E-state index is 11.6. The highest BCUT2D eigenvalue weighted by Gasteiger charge is 2.23. The highest BCUT2D eigenvalue weighted by atomic mass is 32.2. The van der Waals surface area contributed by atoms with Gasteiger partial charge in [-0.15, -0.1) is 0 Å².